The van der Waals surface area contributed by atoms with Gasteiger partial charge < -0.3 is 15.2 Å². The molecule has 2 aromatic heterocycles. The van der Waals surface area contributed by atoms with E-state index in [0.29, 0.717) is 45.2 Å². The smallest absolute Gasteiger partial charge is 0.157 e. The molecule has 0 radical (unpaired) electrons. The highest BCUT2D eigenvalue weighted by molar-refractivity contribution is 5.75. The van der Waals surface area contributed by atoms with Gasteiger partial charge in [-0.15, -0.1) is 0 Å². The van der Waals surface area contributed by atoms with Gasteiger partial charge in [0.05, 0.1) is 11.8 Å². The van der Waals surface area contributed by atoms with Crippen LogP contribution in [0.2, 0.25) is 0 Å². The first-order valence-electron chi connectivity index (χ1n) is 7.90. The van der Waals surface area contributed by atoms with Crippen molar-refractivity contribution in [3.8, 4) is 0 Å². The molecule has 1 aliphatic heterocycles. The monoisotopic (exact) mass is 304 g/mol. The van der Waals surface area contributed by atoms with Crippen molar-refractivity contribution in [2.45, 2.75) is 44.9 Å². The van der Waals surface area contributed by atoms with Crippen molar-refractivity contribution >= 4 is 11.0 Å². The maximum atomic E-state index is 10.4. The summed E-state index contributed by atoms with van der Waals surface area (Å²) in [6.07, 6.45) is 5.12. The second kappa shape index (κ2) is 6.32. The Balaban J connectivity index is 1.62. The van der Waals surface area contributed by atoms with E-state index in [1.807, 2.05) is 17.1 Å². The summed E-state index contributed by atoms with van der Waals surface area (Å²) in [6, 6.07) is 2.41. The quantitative estimate of drug-likeness (QED) is 0.878. The number of nitrogens with zero attached hydrogens (tertiary/aromatic N) is 3. The van der Waals surface area contributed by atoms with Crippen LogP contribution >= 0.6 is 0 Å². The summed E-state index contributed by atoms with van der Waals surface area (Å²) in [5.74, 6) is 0. The van der Waals surface area contributed by atoms with Crippen molar-refractivity contribution in [3.05, 3.63) is 24.0 Å². The molecule has 22 heavy (non-hydrogen) atoms. The SMILES string of the molecule is CC(C)n1ncc2cc(CNCC3(O)CCOCC3)cnc21. The number of pyridine rings is 1. The van der Waals surface area contributed by atoms with Crippen LogP contribution < -0.4 is 5.32 Å². The molecule has 6 nitrogen and oxygen atoms in total. The number of ether oxygens (including phenoxy) is 1. The van der Waals surface area contributed by atoms with Gasteiger partial charge >= 0.3 is 0 Å². The van der Waals surface area contributed by atoms with E-state index in [4.69, 9.17) is 4.74 Å². The predicted octanol–water partition coefficient (Wildman–Crippen LogP) is 1.64. The van der Waals surface area contributed by atoms with Gasteiger partial charge in [-0.25, -0.2) is 9.67 Å². The minimum Gasteiger partial charge on any atom is -0.388 e. The van der Waals surface area contributed by atoms with Crippen molar-refractivity contribution in [1.82, 2.24) is 20.1 Å². The molecule has 0 aliphatic carbocycles. The van der Waals surface area contributed by atoms with E-state index in [2.05, 4.69) is 35.3 Å². The van der Waals surface area contributed by atoms with E-state index < -0.39 is 5.60 Å². The molecule has 6 heteroatoms. The Kier molecular flexibility index (Phi) is 4.42. The molecular formula is C16H24N4O2. The minimum absolute atomic E-state index is 0.303. The van der Waals surface area contributed by atoms with Gasteiger partial charge in [0.15, 0.2) is 5.65 Å². The van der Waals surface area contributed by atoms with Gasteiger partial charge in [-0.1, -0.05) is 0 Å². The Hall–Kier alpha value is -1.50. The number of nitrogens with one attached hydrogen (secondary N) is 1. The normalized spacial score (nSPS) is 18.2. The Labute approximate surface area is 130 Å². The van der Waals surface area contributed by atoms with Gasteiger partial charge in [-0.3, -0.25) is 0 Å². The third-order valence-corrected chi connectivity index (χ3v) is 4.19. The summed E-state index contributed by atoms with van der Waals surface area (Å²) < 4.78 is 7.22. The van der Waals surface area contributed by atoms with Crippen molar-refractivity contribution in [1.29, 1.82) is 0 Å². The molecular weight excluding hydrogens is 280 g/mol. The number of fused-ring (bicyclic) bond motifs is 1. The lowest BCUT2D eigenvalue weighted by Crippen LogP contribution is -2.44. The van der Waals surface area contributed by atoms with Crippen LogP contribution in [0.4, 0.5) is 0 Å². The van der Waals surface area contributed by atoms with Gasteiger partial charge in [0.25, 0.3) is 0 Å². The Morgan fingerprint density at radius 3 is 2.86 bits per heavy atom. The third-order valence-electron chi connectivity index (χ3n) is 4.19. The van der Waals surface area contributed by atoms with Crippen LogP contribution in [-0.4, -0.2) is 45.2 Å². The number of rotatable bonds is 5. The molecule has 0 unspecified atom stereocenters. The molecule has 1 aliphatic rings. The van der Waals surface area contributed by atoms with E-state index in [1.54, 1.807) is 0 Å². The van der Waals surface area contributed by atoms with Crippen molar-refractivity contribution in [3.63, 3.8) is 0 Å². The maximum absolute atomic E-state index is 10.4. The molecule has 3 heterocycles. The fourth-order valence-electron chi connectivity index (χ4n) is 2.83. The zero-order valence-corrected chi connectivity index (χ0v) is 13.2. The van der Waals surface area contributed by atoms with Crippen LogP contribution in [0.1, 0.15) is 38.3 Å². The van der Waals surface area contributed by atoms with E-state index in [1.165, 1.54) is 0 Å². The topological polar surface area (TPSA) is 72.2 Å². The number of hydrogen-bond acceptors (Lipinski definition) is 5. The highest BCUT2D eigenvalue weighted by atomic mass is 16.5. The molecule has 2 N–H and O–H groups in total. The molecule has 3 rings (SSSR count). The molecule has 0 spiro atoms. The Morgan fingerprint density at radius 2 is 2.14 bits per heavy atom. The molecule has 2 aromatic rings. The summed E-state index contributed by atoms with van der Waals surface area (Å²) in [5.41, 5.74) is 1.38. The lowest BCUT2D eigenvalue weighted by Gasteiger charge is -2.32. The van der Waals surface area contributed by atoms with Gasteiger partial charge in [0, 0.05) is 56.8 Å². The summed E-state index contributed by atoms with van der Waals surface area (Å²) >= 11 is 0. The number of aliphatic hydroxyl groups is 1. The minimum atomic E-state index is -0.641. The summed E-state index contributed by atoms with van der Waals surface area (Å²) in [6.45, 7) is 6.75. The third kappa shape index (κ3) is 3.29. The highest BCUT2D eigenvalue weighted by Crippen LogP contribution is 2.20. The van der Waals surface area contributed by atoms with Gasteiger partial charge in [0.1, 0.15) is 0 Å². The van der Waals surface area contributed by atoms with E-state index in [0.717, 1.165) is 16.6 Å². The van der Waals surface area contributed by atoms with Crippen LogP contribution in [-0.2, 0) is 11.3 Å². The fourth-order valence-corrected chi connectivity index (χ4v) is 2.83. The summed E-state index contributed by atoms with van der Waals surface area (Å²) in [7, 11) is 0. The lowest BCUT2D eigenvalue weighted by atomic mass is 9.94. The summed E-state index contributed by atoms with van der Waals surface area (Å²) in [5, 5.41) is 19.2. The van der Waals surface area contributed by atoms with Crippen LogP contribution in [0.3, 0.4) is 0 Å². The fraction of sp³-hybridized carbons (Fsp3) is 0.625. The van der Waals surface area contributed by atoms with E-state index >= 15 is 0 Å². The zero-order chi connectivity index (χ0) is 15.6. The zero-order valence-electron chi connectivity index (χ0n) is 13.2. The van der Waals surface area contributed by atoms with E-state index in [-0.39, 0.29) is 0 Å². The Morgan fingerprint density at radius 1 is 1.36 bits per heavy atom. The second-order valence-electron chi connectivity index (χ2n) is 6.38. The molecule has 1 fully saturated rings. The molecule has 120 valence electrons. The molecule has 1 saturated heterocycles. The van der Waals surface area contributed by atoms with Crippen molar-refractivity contribution in [2.24, 2.45) is 0 Å². The molecule has 0 aromatic carbocycles. The van der Waals surface area contributed by atoms with Crippen LogP contribution in [0.5, 0.6) is 0 Å². The first-order chi connectivity index (χ1) is 10.6. The first-order valence-corrected chi connectivity index (χ1v) is 7.90. The van der Waals surface area contributed by atoms with Crippen LogP contribution in [0.25, 0.3) is 11.0 Å². The predicted molar refractivity (Wildman–Crippen MR) is 84.6 cm³/mol. The van der Waals surface area contributed by atoms with Gasteiger partial charge in [0.2, 0.25) is 0 Å². The summed E-state index contributed by atoms with van der Waals surface area (Å²) in [4.78, 5) is 4.52. The van der Waals surface area contributed by atoms with Gasteiger partial charge in [-0.2, -0.15) is 5.10 Å². The first kappa shape index (κ1) is 15.4. The van der Waals surface area contributed by atoms with E-state index in [9.17, 15) is 5.11 Å². The average molecular weight is 304 g/mol. The van der Waals surface area contributed by atoms with Gasteiger partial charge in [-0.05, 0) is 25.5 Å². The van der Waals surface area contributed by atoms with Crippen LogP contribution in [0.15, 0.2) is 18.5 Å². The molecule has 0 saturated carbocycles. The number of hydrogen-bond donors (Lipinski definition) is 2. The highest BCUT2D eigenvalue weighted by Gasteiger charge is 2.29. The second-order valence-corrected chi connectivity index (χ2v) is 6.38. The lowest BCUT2D eigenvalue weighted by molar-refractivity contribution is -0.0617. The van der Waals surface area contributed by atoms with Crippen LogP contribution in [0, 0.1) is 0 Å². The van der Waals surface area contributed by atoms with Crippen molar-refractivity contribution in [2.75, 3.05) is 19.8 Å². The molecule has 0 amide bonds. The molecule has 0 bridgehead atoms. The van der Waals surface area contributed by atoms with Crippen molar-refractivity contribution < 1.29 is 9.84 Å². The Bertz CT molecular complexity index is 632. The average Bonchev–Trinajstić information content (AvgIpc) is 2.91. The molecule has 0 atom stereocenters. The maximum Gasteiger partial charge on any atom is 0.157 e. The largest absolute Gasteiger partial charge is 0.388 e. The standard InChI is InChI=1S/C16H24N4O2/c1-12(2)20-15-14(10-19-20)7-13(9-18-15)8-17-11-16(21)3-5-22-6-4-16/h7,9-10,12,17,21H,3-6,8,11H2,1-2H3. The number of aromatic nitrogens is 3.